The summed E-state index contributed by atoms with van der Waals surface area (Å²) in [6, 6.07) is 5.83. The van der Waals surface area contributed by atoms with Crippen molar-refractivity contribution in [2.45, 2.75) is 32.5 Å². The van der Waals surface area contributed by atoms with Gasteiger partial charge in [-0.05, 0) is 38.5 Å². The molecule has 1 heterocycles. The third-order valence-corrected chi connectivity index (χ3v) is 2.85. The van der Waals surface area contributed by atoms with Crippen molar-refractivity contribution in [3.05, 3.63) is 28.8 Å². The van der Waals surface area contributed by atoms with Crippen molar-refractivity contribution in [2.24, 2.45) is 0 Å². The van der Waals surface area contributed by atoms with Gasteiger partial charge in [-0.2, -0.15) is 0 Å². The molecule has 0 aliphatic carbocycles. The molecule has 0 N–H and O–H groups in total. The number of ether oxygens (including phenoxy) is 2. The van der Waals surface area contributed by atoms with Gasteiger partial charge in [-0.15, -0.1) is 0 Å². The van der Waals surface area contributed by atoms with E-state index in [1.165, 1.54) is 0 Å². The molecule has 0 amide bonds. The Labute approximate surface area is 95.1 Å². The average molecular weight is 227 g/mol. The lowest BCUT2D eigenvalue weighted by Gasteiger charge is -2.06. The van der Waals surface area contributed by atoms with Crippen LogP contribution in [0.3, 0.4) is 0 Å². The summed E-state index contributed by atoms with van der Waals surface area (Å²) in [6.45, 7) is 6.71. The monoisotopic (exact) mass is 226 g/mol. The van der Waals surface area contributed by atoms with Crippen LogP contribution in [0.1, 0.15) is 32.4 Å². The Hall–Kier alpha value is -0.730. The van der Waals surface area contributed by atoms with Crippen LogP contribution in [0.2, 0.25) is 5.02 Å². The van der Waals surface area contributed by atoms with Crippen molar-refractivity contribution in [3.8, 4) is 5.75 Å². The zero-order valence-corrected chi connectivity index (χ0v) is 9.97. The quantitative estimate of drug-likeness (QED) is 0.735. The summed E-state index contributed by atoms with van der Waals surface area (Å²) < 4.78 is 10.9. The van der Waals surface area contributed by atoms with Crippen molar-refractivity contribution >= 4 is 11.6 Å². The van der Waals surface area contributed by atoms with Crippen LogP contribution in [0.5, 0.6) is 5.75 Å². The van der Waals surface area contributed by atoms with Crippen LogP contribution < -0.4 is 4.74 Å². The Morgan fingerprint density at radius 2 is 2.13 bits per heavy atom. The molecule has 0 saturated carbocycles. The minimum atomic E-state index is -0.0452. The largest absolute Gasteiger partial charge is 0.492 e. The van der Waals surface area contributed by atoms with Crippen LogP contribution in [-0.4, -0.2) is 12.2 Å². The van der Waals surface area contributed by atoms with E-state index < -0.39 is 0 Å². The fourth-order valence-electron chi connectivity index (χ4n) is 1.69. The van der Waals surface area contributed by atoms with E-state index in [4.69, 9.17) is 21.1 Å². The highest BCUT2D eigenvalue weighted by Gasteiger charge is 2.48. The predicted octanol–water partition coefficient (Wildman–Crippen LogP) is 3.59. The van der Waals surface area contributed by atoms with Gasteiger partial charge in [-0.1, -0.05) is 17.7 Å². The first kappa shape index (κ1) is 10.8. The lowest BCUT2D eigenvalue weighted by Crippen LogP contribution is -1.98. The number of hydrogen-bond donors (Lipinski definition) is 0. The third-order valence-electron chi connectivity index (χ3n) is 2.55. The molecule has 0 aromatic heterocycles. The van der Waals surface area contributed by atoms with Gasteiger partial charge in [0.25, 0.3) is 0 Å². The Kier molecular flexibility index (Phi) is 2.65. The molecule has 1 atom stereocenters. The molecule has 2 rings (SSSR count). The Bertz CT molecular complexity index is 374. The van der Waals surface area contributed by atoms with E-state index in [9.17, 15) is 0 Å². The van der Waals surface area contributed by atoms with Crippen molar-refractivity contribution in [2.75, 3.05) is 6.61 Å². The second-order valence-corrected chi connectivity index (χ2v) is 4.63. The van der Waals surface area contributed by atoms with E-state index in [-0.39, 0.29) is 11.7 Å². The predicted molar refractivity (Wildman–Crippen MR) is 60.5 cm³/mol. The summed E-state index contributed by atoms with van der Waals surface area (Å²) in [5, 5.41) is 0.653. The van der Waals surface area contributed by atoms with Crippen LogP contribution in [0.25, 0.3) is 0 Å². The molecule has 15 heavy (non-hydrogen) atoms. The first-order valence-electron chi connectivity index (χ1n) is 5.14. The highest BCUT2D eigenvalue weighted by atomic mass is 35.5. The highest BCUT2D eigenvalue weighted by Crippen LogP contribution is 2.49. The summed E-state index contributed by atoms with van der Waals surface area (Å²) in [5.74, 6) is 0.737. The molecule has 1 unspecified atom stereocenters. The SMILES string of the molecule is CCOc1ccc(C2OC2(C)C)cc1Cl. The minimum absolute atomic E-state index is 0.0452. The van der Waals surface area contributed by atoms with Crippen LogP contribution in [0, 0.1) is 0 Å². The van der Waals surface area contributed by atoms with Crippen LogP contribution >= 0.6 is 11.6 Å². The lowest BCUT2D eigenvalue weighted by molar-refractivity contribution is 0.325. The molecule has 0 spiro atoms. The zero-order valence-electron chi connectivity index (χ0n) is 9.21. The molecule has 82 valence electrons. The maximum Gasteiger partial charge on any atom is 0.137 e. The number of halogens is 1. The fraction of sp³-hybridized carbons (Fsp3) is 0.500. The molecule has 2 nitrogen and oxygen atoms in total. The minimum Gasteiger partial charge on any atom is -0.492 e. The average Bonchev–Trinajstić information content (AvgIpc) is 2.79. The molecule has 1 aromatic rings. The number of hydrogen-bond acceptors (Lipinski definition) is 2. The van der Waals surface area contributed by atoms with Crippen LogP contribution in [-0.2, 0) is 4.74 Å². The highest BCUT2D eigenvalue weighted by molar-refractivity contribution is 6.32. The molecule has 1 fully saturated rings. The second kappa shape index (κ2) is 3.69. The van der Waals surface area contributed by atoms with Gasteiger partial charge in [-0.25, -0.2) is 0 Å². The first-order valence-corrected chi connectivity index (χ1v) is 5.52. The van der Waals surface area contributed by atoms with Gasteiger partial charge in [0, 0.05) is 0 Å². The van der Waals surface area contributed by atoms with Gasteiger partial charge in [-0.3, -0.25) is 0 Å². The topological polar surface area (TPSA) is 21.8 Å². The fourth-order valence-corrected chi connectivity index (χ4v) is 1.94. The van der Waals surface area contributed by atoms with Crippen molar-refractivity contribution in [1.82, 2.24) is 0 Å². The molecule has 1 aromatic carbocycles. The van der Waals surface area contributed by atoms with Crippen molar-refractivity contribution in [3.63, 3.8) is 0 Å². The van der Waals surface area contributed by atoms with Gasteiger partial charge < -0.3 is 9.47 Å². The van der Waals surface area contributed by atoms with Crippen LogP contribution in [0.15, 0.2) is 18.2 Å². The lowest BCUT2D eigenvalue weighted by atomic mass is 10.0. The second-order valence-electron chi connectivity index (χ2n) is 4.22. The summed E-state index contributed by atoms with van der Waals surface area (Å²) in [6.07, 6.45) is 0.172. The van der Waals surface area contributed by atoms with Gasteiger partial charge in [0.15, 0.2) is 0 Å². The van der Waals surface area contributed by atoms with E-state index in [0.29, 0.717) is 11.6 Å². The number of rotatable bonds is 3. The Morgan fingerprint density at radius 3 is 2.60 bits per heavy atom. The summed E-state index contributed by atoms with van der Waals surface area (Å²) in [4.78, 5) is 0. The molecule has 3 heteroatoms. The summed E-state index contributed by atoms with van der Waals surface area (Å²) in [7, 11) is 0. The van der Waals surface area contributed by atoms with Crippen LogP contribution in [0.4, 0.5) is 0 Å². The van der Waals surface area contributed by atoms with E-state index in [1.807, 2.05) is 25.1 Å². The Morgan fingerprint density at radius 1 is 1.47 bits per heavy atom. The van der Waals surface area contributed by atoms with Crippen molar-refractivity contribution < 1.29 is 9.47 Å². The first-order chi connectivity index (χ1) is 7.04. The maximum atomic E-state index is 6.09. The zero-order chi connectivity index (χ0) is 11.1. The number of benzene rings is 1. The third kappa shape index (κ3) is 2.11. The summed E-state index contributed by atoms with van der Waals surface area (Å²) in [5.41, 5.74) is 1.07. The molecular weight excluding hydrogens is 212 g/mol. The molecule has 0 bridgehead atoms. The van der Waals surface area contributed by atoms with E-state index in [0.717, 1.165) is 11.3 Å². The van der Waals surface area contributed by atoms with Crippen molar-refractivity contribution in [1.29, 1.82) is 0 Å². The number of epoxide rings is 1. The van der Waals surface area contributed by atoms with E-state index in [1.54, 1.807) is 0 Å². The normalized spacial score (nSPS) is 22.5. The Balaban J connectivity index is 2.19. The molecule has 1 aliphatic rings. The standard InChI is InChI=1S/C12H15ClO2/c1-4-14-10-6-5-8(7-9(10)13)11-12(2,3)15-11/h5-7,11H,4H2,1-3H3. The molecule has 1 saturated heterocycles. The van der Waals surface area contributed by atoms with Gasteiger partial charge in [0.2, 0.25) is 0 Å². The molecule has 1 aliphatic heterocycles. The molecule has 0 radical (unpaired) electrons. The smallest absolute Gasteiger partial charge is 0.137 e. The maximum absolute atomic E-state index is 6.09. The van der Waals surface area contributed by atoms with E-state index >= 15 is 0 Å². The van der Waals surface area contributed by atoms with Gasteiger partial charge in [0.05, 0.1) is 17.2 Å². The van der Waals surface area contributed by atoms with Gasteiger partial charge in [0.1, 0.15) is 11.9 Å². The summed E-state index contributed by atoms with van der Waals surface area (Å²) >= 11 is 6.09. The van der Waals surface area contributed by atoms with E-state index in [2.05, 4.69) is 13.8 Å². The van der Waals surface area contributed by atoms with Gasteiger partial charge >= 0.3 is 0 Å². The molecular formula is C12H15ClO2.